The Morgan fingerprint density at radius 3 is 2.38 bits per heavy atom. The van der Waals surface area contributed by atoms with Crippen LogP contribution in [0.3, 0.4) is 0 Å². The second kappa shape index (κ2) is 4.57. The Balaban J connectivity index is 1.48. The molecule has 3 unspecified atom stereocenters. The normalized spacial score (nSPS) is 38.4. The van der Waals surface area contributed by atoms with E-state index >= 15 is 0 Å². The van der Waals surface area contributed by atoms with Crippen molar-refractivity contribution in [3.05, 3.63) is 35.4 Å². The molecule has 2 saturated heterocycles. The molecule has 2 bridgehead atoms. The predicted molar refractivity (Wildman–Crippen MR) is 83.4 cm³/mol. The van der Waals surface area contributed by atoms with Gasteiger partial charge in [-0.05, 0) is 49.7 Å². The monoisotopic (exact) mass is 286 g/mol. The molecule has 2 heterocycles. The van der Waals surface area contributed by atoms with Crippen molar-refractivity contribution in [2.24, 2.45) is 5.92 Å². The van der Waals surface area contributed by atoms with Crippen molar-refractivity contribution in [2.45, 2.75) is 76.3 Å². The van der Waals surface area contributed by atoms with E-state index in [1.54, 1.807) is 0 Å². The topological polar surface area (TPSA) is 18.5 Å². The van der Waals surface area contributed by atoms with Gasteiger partial charge >= 0.3 is 0 Å². The largest absolute Gasteiger partial charge is 0.371 e. The van der Waals surface area contributed by atoms with E-state index in [0.29, 0.717) is 12.0 Å². The highest BCUT2D eigenvalue weighted by molar-refractivity contribution is 5.32. The summed E-state index contributed by atoms with van der Waals surface area (Å²) in [5, 5.41) is 0. The summed E-state index contributed by atoms with van der Waals surface area (Å²) in [4.78, 5) is 0. The van der Waals surface area contributed by atoms with Gasteiger partial charge in [-0.15, -0.1) is 0 Å². The minimum absolute atomic E-state index is 0.0565. The summed E-state index contributed by atoms with van der Waals surface area (Å²) in [5.74, 6) is 0.578. The van der Waals surface area contributed by atoms with Crippen LogP contribution >= 0.6 is 0 Å². The summed E-state index contributed by atoms with van der Waals surface area (Å²) in [7, 11) is 0. The highest BCUT2D eigenvalue weighted by Crippen LogP contribution is 2.55. The summed E-state index contributed by atoms with van der Waals surface area (Å²) in [6, 6.07) is 8.76. The molecule has 2 fully saturated rings. The minimum atomic E-state index is -0.0565. The van der Waals surface area contributed by atoms with E-state index in [0.717, 1.165) is 25.7 Å². The molecule has 2 aliphatic heterocycles. The van der Waals surface area contributed by atoms with Crippen LogP contribution in [0.15, 0.2) is 24.3 Å². The zero-order valence-corrected chi connectivity index (χ0v) is 13.4. The Labute approximate surface area is 127 Å². The van der Waals surface area contributed by atoms with E-state index in [9.17, 15) is 0 Å². The average molecular weight is 286 g/mol. The van der Waals surface area contributed by atoms with E-state index < -0.39 is 0 Å². The lowest BCUT2D eigenvalue weighted by Crippen LogP contribution is -2.41. The third kappa shape index (κ3) is 2.07. The summed E-state index contributed by atoms with van der Waals surface area (Å²) in [6.45, 7) is 6.84. The highest BCUT2D eigenvalue weighted by atomic mass is 16.6. The summed E-state index contributed by atoms with van der Waals surface area (Å²) in [5.41, 5.74) is 2.95. The van der Waals surface area contributed by atoms with Crippen molar-refractivity contribution in [2.75, 3.05) is 0 Å². The number of fused-ring (bicyclic) bond motifs is 3. The molecule has 2 nitrogen and oxygen atoms in total. The van der Waals surface area contributed by atoms with Gasteiger partial charge < -0.3 is 9.47 Å². The van der Waals surface area contributed by atoms with Crippen LogP contribution in [0.25, 0.3) is 0 Å². The van der Waals surface area contributed by atoms with Gasteiger partial charge in [0.15, 0.2) is 0 Å². The first kappa shape index (κ1) is 13.8. The minimum Gasteiger partial charge on any atom is -0.371 e. The molecule has 0 spiro atoms. The fourth-order valence-electron chi connectivity index (χ4n) is 4.61. The Morgan fingerprint density at radius 1 is 1.14 bits per heavy atom. The Hall–Kier alpha value is -0.860. The average Bonchev–Trinajstić information content (AvgIpc) is 3.07. The van der Waals surface area contributed by atoms with Crippen molar-refractivity contribution in [3.63, 3.8) is 0 Å². The van der Waals surface area contributed by atoms with E-state index in [2.05, 4.69) is 45.0 Å². The first-order valence-corrected chi connectivity index (χ1v) is 8.43. The highest BCUT2D eigenvalue weighted by Gasteiger charge is 2.61. The first-order chi connectivity index (χ1) is 10.0. The summed E-state index contributed by atoms with van der Waals surface area (Å²) < 4.78 is 13.0. The van der Waals surface area contributed by atoms with Crippen LogP contribution in [-0.2, 0) is 22.3 Å². The van der Waals surface area contributed by atoms with Gasteiger partial charge in [0.1, 0.15) is 0 Å². The Bertz CT molecular complexity index is 527. The quantitative estimate of drug-likeness (QED) is 0.839. The Kier molecular flexibility index (Phi) is 3.00. The van der Waals surface area contributed by atoms with Gasteiger partial charge in [0.25, 0.3) is 0 Å². The maximum Gasteiger partial charge on any atom is 0.0924 e. The predicted octanol–water partition coefficient (Wildman–Crippen LogP) is 3.91. The maximum atomic E-state index is 6.54. The molecule has 3 aliphatic rings. The van der Waals surface area contributed by atoms with E-state index in [-0.39, 0.29) is 17.3 Å². The lowest BCUT2D eigenvalue weighted by Gasteiger charge is -2.33. The fraction of sp³-hybridized carbons (Fsp3) is 0.684. The lowest BCUT2D eigenvalue weighted by atomic mass is 9.75. The SMILES string of the molecule is CC(C)C12CCC(C)(O1)C(OC1Cc3ccccc3C1)C2. The van der Waals surface area contributed by atoms with Gasteiger partial charge in [-0.2, -0.15) is 0 Å². The van der Waals surface area contributed by atoms with Crippen LogP contribution < -0.4 is 0 Å². The molecule has 2 heteroatoms. The molecular formula is C19H26O2. The van der Waals surface area contributed by atoms with Gasteiger partial charge in [0, 0.05) is 6.42 Å². The zero-order chi connectivity index (χ0) is 14.7. The van der Waals surface area contributed by atoms with E-state index in [4.69, 9.17) is 9.47 Å². The zero-order valence-electron chi connectivity index (χ0n) is 13.4. The molecule has 1 aliphatic carbocycles. The Morgan fingerprint density at radius 2 is 1.81 bits per heavy atom. The van der Waals surface area contributed by atoms with E-state index in [1.807, 2.05) is 0 Å². The first-order valence-electron chi connectivity index (χ1n) is 8.43. The maximum absolute atomic E-state index is 6.54. The molecule has 0 N–H and O–H groups in total. The van der Waals surface area contributed by atoms with Crippen LogP contribution in [0.4, 0.5) is 0 Å². The van der Waals surface area contributed by atoms with Gasteiger partial charge in [-0.1, -0.05) is 38.1 Å². The molecule has 0 radical (unpaired) electrons. The molecule has 3 atom stereocenters. The van der Waals surface area contributed by atoms with Gasteiger partial charge in [0.05, 0.1) is 23.4 Å². The standard InChI is InChI=1S/C19H26O2/c1-13(2)19-9-8-18(3,21-19)17(12-19)20-16-10-14-6-4-5-7-15(14)11-16/h4-7,13,16-17H,8-12H2,1-3H3. The van der Waals surface area contributed by atoms with Gasteiger partial charge in [0.2, 0.25) is 0 Å². The van der Waals surface area contributed by atoms with Crippen molar-refractivity contribution < 1.29 is 9.47 Å². The second-order valence-corrected chi connectivity index (χ2v) is 7.76. The number of ether oxygens (including phenoxy) is 2. The van der Waals surface area contributed by atoms with Crippen LogP contribution in [0.2, 0.25) is 0 Å². The molecule has 4 rings (SSSR count). The molecule has 0 saturated carbocycles. The number of hydrogen-bond acceptors (Lipinski definition) is 2. The molecule has 114 valence electrons. The van der Waals surface area contributed by atoms with Crippen LogP contribution in [0, 0.1) is 5.92 Å². The second-order valence-electron chi connectivity index (χ2n) is 7.76. The van der Waals surface area contributed by atoms with Crippen molar-refractivity contribution >= 4 is 0 Å². The van der Waals surface area contributed by atoms with Crippen molar-refractivity contribution in [1.82, 2.24) is 0 Å². The third-order valence-corrected chi connectivity index (χ3v) is 6.12. The van der Waals surface area contributed by atoms with Crippen LogP contribution in [0.5, 0.6) is 0 Å². The molecule has 1 aromatic rings. The van der Waals surface area contributed by atoms with Crippen LogP contribution in [-0.4, -0.2) is 23.4 Å². The molecule has 0 amide bonds. The van der Waals surface area contributed by atoms with Gasteiger partial charge in [-0.25, -0.2) is 0 Å². The molecule has 1 aromatic carbocycles. The van der Waals surface area contributed by atoms with Crippen LogP contribution in [0.1, 0.15) is 51.2 Å². The number of benzene rings is 1. The lowest BCUT2D eigenvalue weighted by molar-refractivity contribution is -0.107. The van der Waals surface area contributed by atoms with Crippen molar-refractivity contribution in [1.29, 1.82) is 0 Å². The van der Waals surface area contributed by atoms with Gasteiger partial charge in [-0.3, -0.25) is 0 Å². The molecule has 21 heavy (non-hydrogen) atoms. The smallest absolute Gasteiger partial charge is 0.0924 e. The number of rotatable bonds is 3. The molecule has 0 aromatic heterocycles. The van der Waals surface area contributed by atoms with Crippen molar-refractivity contribution in [3.8, 4) is 0 Å². The fourth-order valence-corrected chi connectivity index (χ4v) is 4.61. The number of hydrogen-bond donors (Lipinski definition) is 0. The summed E-state index contributed by atoms with van der Waals surface area (Å²) >= 11 is 0. The van der Waals surface area contributed by atoms with E-state index in [1.165, 1.54) is 17.5 Å². The summed E-state index contributed by atoms with van der Waals surface area (Å²) in [6.07, 6.45) is 6.17. The third-order valence-electron chi connectivity index (χ3n) is 6.12. The molecular weight excluding hydrogens is 260 g/mol.